The van der Waals surface area contributed by atoms with Crippen molar-refractivity contribution < 1.29 is 9.47 Å². The van der Waals surface area contributed by atoms with Crippen molar-refractivity contribution in [2.75, 3.05) is 6.07 Å². The van der Waals surface area contributed by atoms with Crippen LogP contribution in [0.25, 0.3) is 0 Å². The fraction of sp³-hybridized carbons (Fsp3) is 0.571. The predicted octanol–water partition coefficient (Wildman–Crippen LogP) is 3.73. The quantitative estimate of drug-likeness (QED) is 0.746. The summed E-state index contributed by atoms with van der Waals surface area (Å²) < 4.78 is 11.3. The van der Waals surface area contributed by atoms with E-state index in [1.165, 1.54) is 5.56 Å². The second-order valence-corrected chi connectivity index (χ2v) is 4.69. The van der Waals surface area contributed by atoms with Crippen LogP contribution in [-0.2, 0) is 16.1 Å². The third-order valence-electron chi connectivity index (χ3n) is 3.25. The molecule has 0 aromatic heterocycles. The summed E-state index contributed by atoms with van der Waals surface area (Å²) in [6.45, 7) is 0.715. The van der Waals surface area contributed by atoms with E-state index in [1.54, 1.807) is 0 Å². The summed E-state index contributed by atoms with van der Waals surface area (Å²) in [5.74, 6) is 0. The molecule has 0 saturated heterocycles. The third kappa shape index (κ3) is 4.30. The summed E-state index contributed by atoms with van der Waals surface area (Å²) in [6, 6.07) is 10.6. The van der Waals surface area contributed by atoms with Crippen LogP contribution >= 0.6 is 11.6 Å². The fourth-order valence-corrected chi connectivity index (χ4v) is 2.42. The third-order valence-corrected chi connectivity index (χ3v) is 3.37. The minimum atomic E-state index is 0.306. The number of hydrogen-bond acceptors (Lipinski definition) is 2. The Labute approximate surface area is 108 Å². The van der Waals surface area contributed by atoms with Gasteiger partial charge in [-0.3, -0.25) is 0 Å². The van der Waals surface area contributed by atoms with E-state index in [0.29, 0.717) is 24.9 Å². The second-order valence-electron chi connectivity index (χ2n) is 4.47. The van der Waals surface area contributed by atoms with Crippen molar-refractivity contribution in [1.29, 1.82) is 0 Å². The van der Waals surface area contributed by atoms with Crippen molar-refractivity contribution in [3.05, 3.63) is 35.9 Å². The average Bonchev–Trinajstić information content (AvgIpc) is 2.40. The normalized spacial score (nSPS) is 24.8. The Kier molecular flexibility index (Phi) is 5.30. The molecule has 1 aromatic carbocycles. The minimum absolute atomic E-state index is 0.306. The maximum Gasteiger partial charge on any atom is 0.121 e. The average molecular weight is 255 g/mol. The van der Waals surface area contributed by atoms with E-state index in [1.807, 2.05) is 18.2 Å². The van der Waals surface area contributed by atoms with Crippen molar-refractivity contribution in [3.8, 4) is 0 Å². The highest BCUT2D eigenvalue weighted by molar-refractivity contribution is 6.17. The lowest BCUT2D eigenvalue weighted by Gasteiger charge is -2.28. The zero-order valence-corrected chi connectivity index (χ0v) is 10.7. The highest BCUT2D eigenvalue weighted by Gasteiger charge is 2.21. The van der Waals surface area contributed by atoms with Gasteiger partial charge in [-0.2, -0.15) is 0 Å². The van der Waals surface area contributed by atoms with Crippen LogP contribution in [0.15, 0.2) is 30.3 Å². The molecule has 1 aromatic rings. The zero-order chi connectivity index (χ0) is 11.9. The minimum Gasteiger partial charge on any atom is -0.374 e. The van der Waals surface area contributed by atoms with Crippen LogP contribution < -0.4 is 0 Å². The number of alkyl halides is 1. The maximum absolute atomic E-state index is 5.91. The number of hydrogen-bond donors (Lipinski definition) is 0. The van der Waals surface area contributed by atoms with Gasteiger partial charge in [0.2, 0.25) is 0 Å². The van der Waals surface area contributed by atoms with Crippen LogP contribution in [0.2, 0.25) is 0 Å². The van der Waals surface area contributed by atoms with Gasteiger partial charge in [0.15, 0.2) is 0 Å². The summed E-state index contributed by atoms with van der Waals surface area (Å²) in [5.41, 5.74) is 1.24. The first-order valence-electron chi connectivity index (χ1n) is 6.21. The molecule has 0 amide bonds. The molecule has 0 heterocycles. The van der Waals surface area contributed by atoms with Crippen molar-refractivity contribution in [2.45, 2.75) is 44.5 Å². The van der Waals surface area contributed by atoms with Gasteiger partial charge in [0.05, 0.1) is 18.8 Å². The van der Waals surface area contributed by atoms with E-state index < -0.39 is 0 Å². The largest absolute Gasteiger partial charge is 0.374 e. The Morgan fingerprint density at radius 1 is 0.941 bits per heavy atom. The fourth-order valence-electron chi connectivity index (χ4n) is 2.24. The van der Waals surface area contributed by atoms with E-state index in [0.717, 1.165) is 25.7 Å². The van der Waals surface area contributed by atoms with E-state index >= 15 is 0 Å². The van der Waals surface area contributed by atoms with Gasteiger partial charge >= 0.3 is 0 Å². The molecule has 0 spiro atoms. The molecule has 0 unspecified atom stereocenters. The summed E-state index contributed by atoms with van der Waals surface area (Å²) in [4.78, 5) is 0. The Hall–Kier alpha value is -0.570. The maximum atomic E-state index is 5.91. The lowest BCUT2D eigenvalue weighted by molar-refractivity contribution is -0.0272. The zero-order valence-electron chi connectivity index (χ0n) is 9.98. The van der Waals surface area contributed by atoms with Gasteiger partial charge in [-0.25, -0.2) is 0 Å². The van der Waals surface area contributed by atoms with Gasteiger partial charge in [-0.1, -0.05) is 41.9 Å². The van der Waals surface area contributed by atoms with Gasteiger partial charge in [0.1, 0.15) is 6.07 Å². The first kappa shape index (κ1) is 12.9. The molecule has 1 aliphatic carbocycles. The molecule has 0 aliphatic heterocycles. The van der Waals surface area contributed by atoms with Crippen molar-refractivity contribution in [3.63, 3.8) is 0 Å². The number of halogens is 1. The van der Waals surface area contributed by atoms with Gasteiger partial charge in [-0.05, 0) is 31.2 Å². The molecule has 1 aliphatic rings. The van der Waals surface area contributed by atoms with Gasteiger partial charge in [0.25, 0.3) is 0 Å². The first-order chi connectivity index (χ1) is 8.38. The van der Waals surface area contributed by atoms with E-state index in [2.05, 4.69) is 12.1 Å². The Bertz CT molecular complexity index is 307. The van der Waals surface area contributed by atoms with Crippen LogP contribution in [0.4, 0.5) is 0 Å². The summed E-state index contributed by atoms with van der Waals surface area (Å²) in [5, 5.41) is 0. The molecule has 3 heteroatoms. The van der Waals surface area contributed by atoms with Gasteiger partial charge in [0, 0.05) is 0 Å². The Balaban J connectivity index is 1.68. The first-order valence-corrected chi connectivity index (χ1v) is 6.75. The number of benzene rings is 1. The molecule has 17 heavy (non-hydrogen) atoms. The number of ether oxygens (including phenoxy) is 2. The SMILES string of the molecule is ClCOC1CCC(OCc2ccccc2)CC1. The standard InChI is InChI=1S/C14H19ClO2/c15-11-17-14-8-6-13(7-9-14)16-10-12-4-2-1-3-5-12/h1-5,13-14H,6-11H2. The molecule has 2 rings (SSSR count). The molecule has 94 valence electrons. The smallest absolute Gasteiger partial charge is 0.121 e. The van der Waals surface area contributed by atoms with Crippen LogP contribution in [0.5, 0.6) is 0 Å². The highest BCUT2D eigenvalue weighted by atomic mass is 35.5. The van der Waals surface area contributed by atoms with Gasteiger partial charge < -0.3 is 9.47 Å². The van der Waals surface area contributed by atoms with Crippen LogP contribution in [0.1, 0.15) is 31.2 Å². The summed E-state index contributed by atoms with van der Waals surface area (Å²) in [6.07, 6.45) is 5.00. The molecular formula is C14H19ClO2. The number of rotatable bonds is 5. The van der Waals surface area contributed by atoms with Crippen molar-refractivity contribution in [1.82, 2.24) is 0 Å². The highest BCUT2D eigenvalue weighted by Crippen LogP contribution is 2.24. The van der Waals surface area contributed by atoms with Crippen molar-refractivity contribution in [2.24, 2.45) is 0 Å². The topological polar surface area (TPSA) is 18.5 Å². The molecule has 0 N–H and O–H groups in total. The lowest BCUT2D eigenvalue weighted by Crippen LogP contribution is -2.26. The second kappa shape index (κ2) is 7.00. The predicted molar refractivity (Wildman–Crippen MR) is 69.1 cm³/mol. The Morgan fingerprint density at radius 3 is 2.12 bits per heavy atom. The summed E-state index contributed by atoms with van der Waals surface area (Å²) >= 11 is 5.56. The van der Waals surface area contributed by atoms with Gasteiger partial charge in [-0.15, -0.1) is 0 Å². The van der Waals surface area contributed by atoms with Crippen LogP contribution in [-0.4, -0.2) is 18.3 Å². The summed E-state index contributed by atoms with van der Waals surface area (Å²) in [7, 11) is 0. The monoisotopic (exact) mass is 254 g/mol. The van der Waals surface area contributed by atoms with E-state index in [9.17, 15) is 0 Å². The lowest BCUT2D eigenvalue weighted by atomic mass is 9.95. The van der Waals surface area contributed by atoms with Crippen LogP contribution in [0, 0.1) is 0 Å². The molecule has 0 radical (unpaired) electrons. The molecule has 0 bridgehead atoms. The molecule has 1 saturated carbocycles. The van der Waals surface area contributed by atoms with E-state index in [-0.39, 0.29) is 0 Å². The Morgan fingerprint density at radius 2 is 1.53 bits per heavy atom. The molecular weight excluding hydrogens is 236 g/mol. The van der Waals surface area contributed by atoms with E-state index in [4.69, 9.17) is 21.1 Å². The van der Waals surface area contributed by atoms with Crippen LogP contribution in [0.3, 0.4) is 0 Å². The molecule has 1 fully saturated rings. The molecule has 2 nitrogen and oxygen atoms in total. The molecule has 0 atom stereocenters. The van der Waals surface area contributed by atoms with Crippen molar-refractivity contribution >= 4 is 11.6 Å².